The van der Waals surface area contributed by atoms with Crippen molar-refractivity contribution in [2.24, 2.45) is 4.99 Å². The first kappa shape index (κ1) is 23.7. The van der Waals surface area contributed by atoms with Gasteiger partial charge in [0.05, 0.1) is 6.26 Å². The summed E-state index contributed by atoms with van der Waals surface area (Å²) >= 11 is 0. The summed E-state index contributed by atoms with van der Waals surface area (Å²) in [6, 6.07) is 1.78. The maximum Gasteiger partial charge on any atom is 0.287 e. The number of amides is 1. The lowest BCUT2D eigenvalue weighted by atomic mass is 10.2. The molecule has 1 aromatic heterocycles. The first-order valence-corrected chi connectivity index (χ1v) is 8.53. The molecular formula is C17H31IN4O3. The van der Waals surface area contributed by atoms with Crippen molar-refractivity contribution in [1.82, 2.24) is 16.0 Å². The number of hydrogen-bond donors (Lipinski definition) is 3. The van der Waals surface area contributed by atoms with Crippen LogP contribution in [0.25, 0.3) is 0 Å². The number of halogens is 1. The van der Waals surface area contributed by atoms with E-state index in [0.29, 0.717) is 12.3 Å². The van der Waals surface area contributed by atoms with E-state index in [1.165, 1.54) is 6.26 Å². The Morgan fingerprint density at radius 1 is 1.16 bits per heavy atom. The molecule has 1 heterocycles. The molecule has 0 aliphatic carbocycles. The molecule has 0 saturated heterocycles. The van der Waals surface area contributed by atoms with Crippen LogP contribution < -0.4 is 16.0 Å². The number of furan rings is 1. The van der Waals surface area contributed by atoms with E-state index >= 15 is 0 Å². The molecule has 0 fully saturated rings. The lowest BCUT2D eigenvalue weighted by Crippen LogP contribution is -2.39. The van der Waals surface area contributed by atoms with Gasteiger partial charge in [-0.05, 0) is 39.2 Å². The highest BCUT2D eigenvalue weighted by molar-refractivity contribution is 14.0. The number of nitrogens with one attached hydrogen (secondary N) is 3. The predicted octanol–water partition coefficient (Wildman–Crippen LogP) is 2.31. The molecule has 0 aliphatic rings. The van der Waals surface area contributed by atoms with E-state index in [4.69, 9.17) is 9.15 Å². The van der Waals surface area contributed by atoms with Crippen LogP contribution in [0.15, 0.2) is 21.7 Å². The Morgan fingerprint density at radius 2 is 1.84 bits per heavy atom. The second-order valence-corrected chi connectivity index (χ2v) is 5.37. The van der Waals surface area contributed by atoms with Crippen LogP contribution in [0.4, 0.5) is 0 Å². The van der Waals surface area contributed by atoms with E-state index in [2.05, 4.69) is 20.9 Å². The Morgan fingerprint density at radius 3 is 2.44 bits per heavy atom. The maximum absolute atomic E-state index is 11.9. The molecule has 0 aliphatic heterocycles. The van der Waals surface area contributed by atoms with Crippen molar-refractivity contribution in [2.75, 3.05) is 39.9 Å². The number of ether oxygens (including phenoxy) is 1. The molecule has 8 heteroatoms. The third kappa shape index (κ3) is 10.3. The van der Waals surface area contributed by atoms with Crippen LogP contribution in [0.3, 0.4) is 0 Å². The van der Waals surface area contributed by atoms with Gasteiger partial charge >= 0.3 is 0 Å². The van der Waals surface area contributed by atoms with Crippen LogP contribution in [0.5, 0.6) is 0 Å². The molecule has 0 aromatic carbocycles. The molecule has 1 amide bonds. The Kier molecular flexibility index (Phi) is 14.2. The minimum Gasteiger partial charge on any atom is -0.459 e. The minimum absolute atomic E-state index is 0. The van der Waals surface area contributed by atoms with Gasteiger partial charge in [-0.2, -0.15) is 0 Å². The number of aliphatic imine (C=N–C) groups is 1. The average molecular weight is 466 g/mol. The summed E-state index contributed by atoms with van der Waals surface area (Å²) in [6.45, 7) is 7.60. The number of aryl methyl sites for hydroxylation is 1. The van der Waals surface area contributed by atoms with E-state index in [1.807, 2.05) is 13.8 Å². The van der Waals surface area contributed by atoms with E-state index in [1.54, 1.807) is 13.1 Å². The molecule has 0 radical (unpaired) electrons. The van der Waals surface area contributed by atoms with E-state index < -0.39 is 0 Å². The molecule has 7 nitrogen and oxygen atoms in total. The monoisotopic (exact) mass is 466 g/mol. The lowest BCUT2D eigenvalue weighted by Gasteiger charge is -2.12. The quantitative estimate of drug-likeness (QED) is 0.202. The minimum atomic E-state index is -0.172. The normalized spacial score (nSPS) is 10.9. The van der Waals surface area contributed by atoms with Crippen molar-refractivity contribution in [2.45, 2.75) is 33.1 Å². The van der Waals surface area contributed by atoms with Gasteiger partial charge < -0.3 is 25.1 Å². The van der Waals surface area contributed by atoms with Gasteiger partial charge in [0.25, 0.3) is 5.91 Å². The first-order chi connectivity index (χ1) is 11.7. The van der Waals surface area contributed by atoms with Crippen LogP contribution in [0, 0.1) is 6.92 Å². The van der Waals surface area contributed by atoms with Crippen LogP contribution in [0.2, 0.25) is 0 Å². The van der Waals surface area contributed by atoms with E-state index in [0.717, 1.165) is 57.1 Å². The second kappa shape index (κ2) is 15.0. The molecule has 25 heavy (non-hydrogen) atoms. The summed E-state index contributed by atoms with van der Waals surface area (Å²) in [4.78, 5) is 16.0. The van der Waals surface area contributed by atoms with Gasteiger partial charge in [-0.1, -0.05) is 0 Å². The molecule has 0 atom stereocenters. The van der Waals surface area contributed by atoms with Crippen molar-refractivity contribution in [3.63, 3.8) is 0 Å². The highest BCUT2D eigenvalue weighted by Gasteiger charge is 2.11. The summed E-state index contributed by atoms with van der Waals surface area (Å²) in [6.07, 6.45) is 4.40. The number of hydrogen-bond acceptors (Lipinski definition) is 4. The highest BCUT2D eigenvalue weighted by Crippen LogP contribution is 2.07. The molecule has 1 rings (SSSR count). The smallest absolute Gasteiger partial charge is 0.287 e. The van der Waals surface area contributed by atoms with Crippen molar-refractivity contribution in [3.8, 4) is 0 Å². The van der Waals surface area contributed by atoms with Crippen molar-refractivity contribution in [3.05, 3.63) is 23.7 Å². The Bertz CT molecular complexity index is 506. The molecule has 0 saturated carbocycles. The lowest BCUT2D eigenvalue weighted by molar-refractivity contribution is 0.0925. The second-order valence-electron chi connectivity index (χ2n) is 5.37. The van der Waals surface area contributed by atoms with E-state index in [9.17, 15) is 4.79 Å². The number of guanidine groups is 1. The summed E-state index contributed by atoms with van der Waals surface area (Å²) in [7, 11) is 1.75. The highest BCUT2D eigenvalue weighted by atomic mass is 127. The maximum atomic E-state index is 11.9. The number of carbonyl (C=O) groups is 1. The molecule has 0 unspecified atom stereocenters. The molecule has 1 aromatic rings. The van der Waals surface area contributed by atoms with E-state index in [-0.39, 0.29) is 29.9 Å². The van der Waals surface area contributed by atoms with Crippen molar-refractivity contribution < 1.29 is 13.9 Å². The Hall–Kier alpha value is -1.29. The van der Waals surface area contributed by atoms with Gasteiger partial charge in [-0.3, -0.25) is 9.79 Å². The fraction of sp³-hybridized carbons (Fsp3) is 0.647. The number of carbonyl (C=O) groups excluding carboxylic acids is 1. The third-order valence-electron chi connectivity index (χ3n) is 3.44. The molecule has 144 valence electrons. The third-order valence-corrected chi connectivity index (χ3v) is 3.44. The van der Waals surface area contributed by atoms with Crippen LogP contribution >= 0.6 is 24.0 Å². The van der Waals surface area contributed by atoms with Crippen LogP contribution in [0.1, 0.15) is 42.3 Å². The number of unbranched alkanes of at least 4 members (excludes halogenated alkanes) is 1. The zero-order valence-electron chi connectivity index (χ0n) is 15.4. The molecule has 0 spiro atoms. The standard InChI is InChI=1S/C17H30N4O3.HI/c1-4-23-12-6-5-9-20-17(18-3)21-11-7-10-19-16(22)15-14(2)8-13-24-15;/h8,13H,4-7,9-12H2,1-3H3,(H,19,22)(H2,18,20,21);1H. The van der Waals surface area contributed by atoms with Gasteiger partial charge in [0.1, 0.15) is 0 Å². The molecule has 3 N–H and O–H groups in total. The fourth-order valence-corrected chi connectivity index (χ4v) is 2.08. The number of nitrogens with zero attached hydrogens (tertiary/aromatic N) is 1. The Labute approximate surface area is 167 Å². The summed E-state index contributed by atoms with van der Waals surface area (Å²) in [5.74, 6) is 0.987. The van der Waals surface area contributed by atoms with Gasteiger partial charge in [0, 0.05) is 45.5 Å². The topological polar surface area (TPSA) is 87.9 Å². The largest absolute Gasteiger partial charge is 0.459 e. The van der Waals surface area contributed by atoms with Gasteiger partial charge in [0.2, 0.25) is 0 Å². The SMILES string of the molecule is CCOCCCCNC(=NC)NCCCNC(=O)c1occc1C.I. The van der Waals surface area contributed by atoms with Crippen molar-refractivity contribution >= 4 is 35.8 Å². The number of rotatable bonds is 11. The Balaban J connectivity index is 0.00000576. The van der Waals surface area contributed by atoms with Gasteiger partial charge in [0.15, 0.2) is 11.7 Å². The van der Waals surface area contributed by atoms with Gasteiger partial charge in [-0.15, -0.1) is 24.0 Å². The average Bonchev–Trinajstić information content (AvgIpc) is 3.01. The molecule has 0 bridgehead atoms. The molecular weight excluding hydrogens is 435 g/mol. The van der Waals surface area contributed by atoms with Crippen molar-refractivity contribution in [1.29, 1.82) is 0 Å². The zero-order valence-corrected chi connectivity index (χ0v) is 17.7. The van der Waals surface area contributed by atoms with Gasteiger partial charge in [-0.25, -0.2) is 0 Å². The summed E-state index contributed by atoms with van der Waals surface area (Å²) in [5.41, 5.74) is 0.847. The first-order valence-electron chi connectivity index (χ1n) is 8.53. The zero-order chi connectivity index (χ0) is 17.6. The van der Waals surface area contributed by atoms with Crippen LogP contribution in [-0.2, 0) is 4.74 Å². The predicted molar refractivity (Wildman–Crippen MR) is 111 cm³/mol. The summed E-state index contributed by atoms with van der Waals surface area (Å²) in [5, 5.41) is 9.32. The summed E-state index contributed by atoms with van der Waals surface area (Å²) < 4.78 is 10.4. The fourth-order valence-electron chi connectivity index (χ4n) is 2.08. The van der Waals surface area contributed by atoms with Crippen LogP contribution in [-0.4, -0.2) is 51.8 Å².